The minimum Gasteiger partial charge on any atom is -0.497 e. The molecule has 0 saturated carbocycles. The molecular weight excluding hydrogens is 574 g/mol. The van der Waals surface area contributed by atoms with E-state index in [1.807, 2.05) is 30.5 Å². The van der Waals surface area contributed by atoms with Crippen LogP contribution in [0.25, 0.3) is 0 Å². The number of methoxy groups -OCH3 is 1. The van der Waals surface area contributed by atoms with Crippen molar-refractivity contribution in [3.05, 3.63) is 29.8 Å². The molecule has 1 aromatic rings. The molecule has 230 valence electrons. The van der Waals surface area contributed by atoms with Gasteiger partial charge in [0, 0.05) is 52.4 Å². The molecule has 0 saturated heterocycles. The van der Waals surface area contributed by atoms with Crippen molar-refractivity contribution in [3.63, 3.8) is 0 Å². The first kappa shape index (κ1) is 41.4. The zero-order chi connectivity index (χ0) is 31.9. The average molecular weight is 616 g/mol. The van der Waals surface area contributed by atoms with E-state index in [0.717, 1.165) is 17.1 Å². The summed E-state index contributed by atoms with van der Waals surface area (Å²) in [4.78, 5) is 51.8. The second kappa shape index (κ2) is 30.4. The Balaban J connectivity index is -0.000000486. The fourth-order valence-corrected chi connectivity index (χ4v) is 2.87. The maximum Gasteiger partial charge on any atom is 0.353 e. The number of nitrogens with zero attached hydrogens (tertiary/aromatic N) is 3. The maximum atomic E-state index is 10.6. The van der Waals surface area contributed by atoms with Gasteiger partial charge in [-0.25, -0.2) is 26.5 Å². The van der Waals surface area contributed by atoms with Crippen molar-refractivity contribution < 1.29 is 28.7 Å². The molecule has 15 nitrogen and oxygen atoms in total. The molecule has 1 aromatic carbocycles. The van der Waals surface area contributed by atoms with Crippen LogP contribution >= 0.6 is 21.6 Å². The van der Waals surface area contributed by atoms with Gasteiger partial charge in [-0.2, -0.15) is 15.3 Å². The predicted molar refractivity (Wildman–Crippen MR) is 167 cm³/mol. The molecule has 17 heteroatoms. The number of hydrazine groups is 1. The Morgan fingerprint density at radius 3 is 1.78 bits per heavy atom. The SMILES string of the molecule is C/C=N/NC(=O)NNC(C)=O.C/C=N/NC(C)=O.CNC(=O)CCSSC.COc1ccc(/C=N/NC(C)=O)cc1. The lowest BCUT2D eigenvalue weighted by molar-refractivity contribution is -0.120. The lowest BCUT2D eigenvalue weighted by atomic mass is 10.2. The molecule has 0 radical (unpaired) electrons. The molecule has 0 aliphatic heterocycles. The van der Waals surface area contributed by atoms with Crippen molar-refractivity contribution in [2.75, 3.05) is 26.2 Å². The summed E-state index contributed by atoms with van der Waals surface area (Å²) in [6.07, 6.45) is 7.13. The number of hydrazone groups is 3. The molecule has 0 fully saturated rings. The van der Waals surface area contributed by atoms with E-state index >= 15 is 0 Å². The minimum atomic E-state index is -0.585. The number of nitrogens with one attached hydrogen (secondary N) is 6. The molecule has 0 aromatic heterocycles. The summed E-state index contributed by atoms with van der Waals surface area (Å²) in [6.45, 7) is 7.48. The zero-order valence-electron chi connectivity index (χ0n) is 24.6. The van der Waals surface area contributed by atoms with Gasteiger partial charge in [0.1, 0.15) is 5.75 Å². The monoisotopic (exact) mass is 615 g/mol. The zero-order valence-corrected chi connectivity index (χ0v) is 26.2. The Morgan fingerprint density at radius 2 is 1.37 bits per heavy atom. The Bertz CT molecular complexity index is 975. The van der Waals surface area contributed by atoms with Gasteiger partial charge in [-0.3, -0.25) is 24.6 Å². The molecule has 0 heterocycles. The van der Waals surface area contributed by atoms with Crippen molar-refractivity contribution in [1.82, 2.24) is 32.4 Å². The van der Waals surface area contributed by atoms with Crippen molar-refractivity contribution >= 4 is 69.9 Å². The summed E-state index contributed by atoms with van der Waals surface area (Å²) in [5.74, 6) is 1.15. The number of carbonyl (C=O) groups excluding carboxylic acids is 5. The molecule has 1 rings (SSSR count). The number of hydrogen-bond donors (Lipinski definition) is 6. The topological polar surface area (TPSA) is 204 Å². The molecule has 0 atom stereocenters. The second-order valence-electron chi connectivity index (χ2n) is 6.80. The number of ether oxygens (including phenoxy) is 1. The molecule has 0 aliphatic rings. The Kier molecular flexibility index (Phi) is 30.7. The van der Waals surface area contributed by atoms with Gasteiger partial charge in [0.05, 0.1) is 13.3 Å². The normalized spacial score (nSPS) is 9.56. The van der Waals surface area contributed by atoms with Crippen molar-refractivity contribution in [3.8, 4) is 5.75 Å². The minimum absolute atomic E-state index is 0.122. The van der Waals surface area contributed by atoms with E-state index in [-0.39, 0.29) is 23.6 Å². The highest BCUT2D eigenvalue weighted by Gasteiger charge is 1.96. The first-order chi connectivity index (χ1) is 19.5. The quantitative estimate of drug-likeness (QED) is 0.104. The average Bonchev–Trinajstić information content (AvgIpc) is 2.95. The molecule has 41 heavy (non-hydrogen) atoms. The van der Waals surface area contributed by atoms with Crippen molar-refractivity contribution in [1.29, 1.82) is 0 Å². The number of benzene rings is 1. The third-order valence-electron chi connectivity index (χ3n) is 3.36. The van der Waals surface area contributed by atoms with E-state index in [9.17, 15) is 24.0 Å². The van der Waals surface area contributed by atoms with Gasteiger partial charge < -0.3 is 10.1 Å². The summed E-state index contributed by atoms with van der Waals surface area (Å²) in [7, 11) is 6.67. The van der Waals surface area contributed by atoms with Crippen LogP contribution < -0.4 is 37.2 Å². The van der Waals surface area contributed by atoms with Crippen LogP contribution in [0.1, 0.15) is 46.6 Å². The number of amides is 6. The highest BCUT2D eigenvalue weighted by Crippen LogP contribution is 2.16. The predicted octanol–water partition coefficient (Wildman–Crippen LogP) is 1.77. The van der Waals surface area contributed by atoms with E-state index in [4.69, 9.17) is 4.74 Å². The van der Waals surface area contributed by atoms with Gasteiger partial charge in [0.2, 0.25) is 23.6 Å². The Morgan fingerprint density at radius 1 is 0.829 bits per heavy atom. The van der Waals surface area contributed by atoms with Gasteiger partial charge in [-0.05, 0) is 49.9 Å². The smallest absolute Gasteiger partial charge is 0.353 e. The first-order valence-electron chi connectivity index (χ1n) is 11.8. The molecule has 0 aliphatic carbocycles. The lowest BCUT2D eigenvalue weighted by Gasteiger charge is -2.02. The van der Waals surface area contributed by atoms with Gasteiger partial charge in [0.15, 0.2) is 0 Å². The molecule has 0 spiro atoms. The standard InChI is InChI=1S/C10H12N2O2.C5H10N4O2.C5H11NOS2.C4H8N2O/c1-8(13)12-11-7-9-3-5-10(14-2)6-4-9;1-3-6-8-5(11)9-7-4(2)10;1-6-5(7)3-4-9-8-2;1-3-5-6-4(2)7/h3-7H,1-2H3,(H,12,13);3H,1-2H3,(H,7,10)(H2,8,9,11);3-4H2,1-2H3,(H,6,7);3H,1-2H3,(H,6,7)/b11-7+;6-3+;;5-3+. The third-order valence-corrected chi connectivity index (χ3v) is 5.17. The largest absolute Gasteiger partial charge is 0.497 e. The first-order valence-corrected chi connectivity index (χ1v) is 14.5. The van der Waals surface area contributed by atoms with Crippen LogP contribution in [0, 0.1) is 0 Å². The Labute approximate surface area is 248 Å². The van der Waals surface area contributed by atoms with Gasteiger partial charge >= 0.3 is 6.03 Å². The maximum absolute atomic E-state index is 10.6. The van der Waals surface area contributed by atoms with Gasteiger partial charge in [-0.15, -0.1) is 0 Å². The number of urea groups is 1. The van der Waals surface area contributed by atoms with E-state index in [2.05, 4.69) is 47.7 Å². The highest BCUT2D eigenvalue weighted by atomic mass is 33.1. The van der Waals surface area contributed by atoms with Crippen LogP contribution in [-0.2, 0) is 19.2 Å². The molecule has 0 unspecified atom stereocenters. The fraction of sp³-hybridized carbons (Fsp3) is 0.417. The van der Waals surface area contributed by atoms with E-state index < -0.39 is 6.03 Å². The van der Waals surface area contributed by atoms with Crippen LogP contribution in [0.5, 0.6) is 5.75 Å². The number of carbonyl (C=O) groups is 5. The van der Waals surface area contributed by atoms with Crippen LogP contribution in [0.3, 0.4) is 0 Å². The van der Waals surface area contributed by atoms with E-state index in [0.29, 0.717) is 6.42 Å². The van der Waals surface area contributed by atoms with E-state index in [1.165, 1.54) is 33.2 Å². The number of hydrogen-bond acceptors (Lipinski definition) is 11. The van der Waals surface area contributed by atoms with Gasteiger partial charge in [0.25, 0.3) is 0 Å². The summed E-state index contributed by atoms with van der Waals surface area (Å²) in [5, 5.41) is 13.2. The fourth-order valence-electron chi connectivity index (χ4n) is 1.68. The van der Waals surface area contributed by atoms with E-state index in [1.54, 1.807) is 55.8 Å². The Hall–Kier alpha value is -4.12. The van der Waals surface area contributed by atoms with Crippen LogP contribution in [0.15, 0.2) is 39.6 Å². The van der Waals surface area contributed by atoms with Crippen LogP contribution in [0.4, 0.5) is 4.79 Å². The summed E-state index contributed by atoms with van der Waals surface area (Å²) in [5.41, 5.74) is 11.7. The highest BCUT2D eigenvalue weighted by molar-refractivity contribution is 8.76. The lowest BCUT2D eigenvalue weighted by Crippen LogP contribution is -2.44. The second-order valence-corrected chi connectivity index (χ2v) is 9.49. The molecule has 6 N–H and O–H groups in total. The summed E-state index contributed by atoms with van der Waals surface area (Å²) in [6, 6.07) is 6.77. The van der Waals surface area contributed by atoms with Crippen molar-refractivity contribution in [2.24, 2.45) is 15.3 Å². The van der Waals surface area contributed by atoms with Crippen LogP contribution in [-0.4, -0.2) is 74.5 Å². The third kappa shape index (κ3) is 35.9. The summed E-state index contributed by atoms with van der Waals surface area (Å²) >= 11 is 0. The van der Waals surface area contributed by atoms with Crippen molar-refractivity contribution in [2.45, 2.75) is 41.0 Å². The molecule has 6 amide bonds. The van der Waals surface area contributed by atoms with Crippen LogP contribution in [0.2, 0.25) is 0 Å². The molecular formula is C24H41N9O6S2. The number of rotatable bonds is 9. The molecule has 0 bridgehead atoms. The summed E-state index contributed by atoms with van der Waals surface area (Å²) < 4.78 is 5.00. The van der Waals surface area contributed by atoms with Gasteiger partial charge in [-0.1, -0.05) is 21.6 Å².